The van der Waals surface area contributed by atoms with Crippen molar-refractivity contribution >= 4 is 16.3 Å². The summed E-state index contributed by atoms with van der Waals surface area (Å²) in [6.07, 6.45) is 7.82. The Labute approximate surface area is 152 Å². The molecule has 146 valence electrons. The van der Waals surface area contributed by atoms with E-state index in [0.717, 1.165) is 37.7 Å². The minimum atomic E-state index is -3.41. The second-order valence-electron chi connectivity index (χ2n) is 8.16. The van der Waals surface area contributed by atoms with E-state index >= 15 is 0 Å². The number of esters is 1. The lowest BCUT2D eigenvalue weighted by atomic mass is 9.80. The Kier molecular flexibility index (Phi) is 6.55. The highest BCUT2D eigenvalue weighted by Gasteiger charge is 2.55. The Morgan fingerprint density at radius 2 is 1.80 bits per heavy atom. The normalized spacial score (nSPS) is 33.6. The molecule has 3 rings (SSSR count). The van der Waals surface area contributed by atoms with Crippen molar-refractivity contribution in [3.63, 3.8) is 0 Å². The summed E-state index contributed by atoms with van der Waals surface area (Å²) < 4.78 is 31.8. The van der Waals surface area contributed by atoms with Crippen molar-refractivity contribution in [2.45, 2.75) is 65.4 Å². The fourth-order valence-electron chi connectivity index (χ4n) is 4.67. The van der Waals surface area contributed by atoms with Gasteiger partial charge in [0.1, 0.15) is 6.10 Å². The highest BCUT2D eigenvalue weighted by atomic mass is 32.2. The van der Waals surface area contributed by atoms with Gasteiger partial charge in [-0.1, -0.05) is 13.3 Å². The SMILES string of the molecule is CCC(C)(C)C(=O)OC1CC2CC1C1CCCC21.CNS(=O)(=O)OC. The largest absolute Gasteiger partial charge is 0.462 e. The van der Waals surface area contributed by atoms with Crippen LogP contribution in [0.15, 0.2) is 0 Å². The third-order valence-corrected chi connectivity index (χ3v) is 7.47. The number of carbonyl (C=O) groups is 1. The van der Waals surface area contributed by atoms with Crippen LogP contribution in [0.4, 0.5) is 0 Å². The minimum Gasteiger partial charge on any atom is -0.462 e. The Bertz CT molecular complexity index is 564. The van der Waals surface area contributed by atoms with E-state index in [1.54, 1.807) is 0 Å². The maximum absolute atomic E-state index is 12.2. The van der Waals surface area contributed by atoms with Gasteiger partial charge in [0.2, 0.25) is 0 Å². The quantitative estimate of drug-likeness (QED) is 0.747. The van der Waals surface area contributed by atoms with E-state index in [-0.39, 0.29) is 17.5 Å². The van der Waals surface area contributed by atoms with Gasteiger partial charge >= 0.3 is 16.3 Å². The van der Waals surface area contributed by atoms with Gasteiger partial charge in [-0.3, -0.25) is 8.98 Å². The first kappa shape index (κ1) is 20.6. The maximum Gasteiger partial charge on any atom is 0.335 e. The summed E-state index contributed by atoms with van der Waals surface area (Å²) in [6, 6.07) is 0. The summed E-state index contributed by atoms with van der Waals surface area (Å²) in [5, 5.41) is 0. The molecule has 6 nitrogen and oxygen atoms in total. The van der Waals surface area contributed by atoms with Gasteiger partial charge in [-0.2, -0.15) is 13.1 Å². The number of ether oxygens (including phenoxy) is 1. The minimum absolute atomic E-state index is 0.0251. The molecule has 3 aliphatic rings. The first-order valence-electron chi connectivity index (χ1n) is 9.35. The molecule has 0 radical (unpaired) electrons. The van der Waals surface area contributed by atoms with Crippen molar-refractivity contribution in [2.24, 2.45) is 29.1 Å². The smallest absolute Gasteiger partial charge is 0.335 e. The molecule has 3 fully saturated rings. The fraction of sp³-hybridized carbons (Fsp3) is 0.944. The molecule has 1 N–H and O–H groups in total. The van der Waals surface area contributed by atoms with Crippen LogP contribution >= 0.6 is 0 Å². The Morgan fingerprint density at radius 1 is 1.16 bits per heavy atom. The molecule has 0 amide bonds. The molecule has 0 spiro atoms. The van der Waals surface area contributed by atoms with Gasteiger partial charge in [-0.25, -0.2) is 0 Å². The lowest BCUT2D eigenvalue weighted by Crippen LogP contribution is -2.36. The third kappa shape index (κ3) is 4.55. The van der Waals surface area contributed by atoms with Crippen LogP contribution in [0.3, 0.4) is 0 Å². The van der Waals surface area contributed by atoms with E-state index in [1.165, 1.54) is 32.7 Å². The molecule has 0 saturated heterocycles. The number of hydrogen-bond donors (Lipinski definition) is 1. The molecule has 0 aromatic heterocycles. The van der Waals surface area contributed by atoms with Gasteiger partial charge in [0.25, 0.3) is 0 Å². The molecule has 7 heteroatoms. The van der Waals surface area contributed by atoms with E-state index < -0.39 is 10.3 Å². The molecule has 5 atom stereocenters. The van der Waals surface area contributed by atoms with E-state index in [4.69, 9.17) is 4.74 Å². The first-order valence-corrected chi connectivity index (χ1v) is 10.8. The highest BCUT2D eigenvalue weighted by molar-refractivity contribution is 7.84. The average Bonchev–Trinajstić information content (AvgIpc) is 3.28. The molecule has 0 aromatic carbocycles. The number of fused-ring (bicyclic) bond motifs is 5. The van der Waals surface area contributed by atoms with Gasteiger partial charge < -0.3 is 4.74 Å². The molecule has 3 saturated carbocycles. The summed E-state index contributed by atoms with van der Waals surface area (Å²) in [5.74, 6) is 3.44. The second-order valence-corrected chi connectivity index (χ2v) is 9.81. The number of nitrogens with one attached hydrogen (secondary N) is 1. The van der Waals surface area contributed by atoms with Gasteiger partial charge in [-0.15, -0.1) is 0 Å². The number of rotatable bonds is 5. The van der Waals surface area contributed by atoms with Gasteiger partial charge in [0, 0.05) is 7.05 Å². The van der Waals surface area contributed by atoms with Crippen LogP contribution < -0.4 is 4.72 Å². The summed E-state index contributed by atoms with van der Waals surface area (Å²) in [7, 11) is -1.04. The van der Waals surface area contributed by atoms with Gasteiger partial charge in [0.15, 0.2) is 0 Å². The molecule has 5 unspecified atom stereocenters. The standard InChI is InChI=1S/C16H26O2.C2H7NO3S/c1-4-16(2,3)15(17)18-14-9-10-8-13(14)12-7-5-6-11(10)12;1-3-7(4,5)6-2/h10-14H,4-9H2,1-3H3;3H,1-2H3. The van der Waals surface area contributed by atoms with Crippen LogP contribution in [0.1, 0.15) is 59.3 Å². The van der Waals surface area contributed by atoms with Crippen molar-refractivity contribution in [1.29, 1.82) is 0 Å². The molecule has 0 heterocycles. The third-order valence-electron chi connectivity index (χ3n) is 6.53. The summed E-state index contributed by atoms with van der Waals surface area (Å²) in [5.41, 5.74) is -0.309. The lowest BCUT2D eigenvalue weighted by Gasteiger charge is -2.33. The predicted octanol–water partition coefficient (Wildman–Crippen LogP) is 2.89. The van der Waals surface area contributed by atoms with Crippen LogP contribution in [0.25, 0.3) is 0 Å². The predicted molar refractivity (Wildman–Crippen MR) is 96.0 cm³/mol. The number of hydrogen-bond acceptors (Lipinski definition) is 5. The summed E-state index contributed by atoms with van der Waals surface area (Å²) >= 11 is 0. The number of carbonyl (C=O) groups excluding carboxylic acids is 1. The van der Waals surface area contributed by atoms with Gasteiger partial charge in [-0.05, 0) is 69.6 Å². The van der Waals surface area contributed by atoms with Crippen LogP contribution in [-0.2, 0) is 24.0 Å². The molecular weight excluding hydrogens is 342 g/mol. The van der Waals surface area contributed by atoms with Crippen LogP contribution in [0, 0.1) is 29.1 Å². The van der Waals surface area contributed by atoms with Crippen LogP contribution in [0.2, 0.25) is 0 Å². The van der Waals surface area contributed by atoms with Crippen molar-refractivity contribution in [3.05, 3.63) is 0 Å². The van der Waals surface area contributed by atoms with Crippen LogP contribution in [0.5, 0.6) is 0 Å². The van der Waals surface area contributed by atoms with Crippen molar-refractivity contribution in [3.8, 4) is 0 Å². The topological polar surface area (TPSA) is 81.7 Å². The van der Waals surface area contributed by atoms with Crippen molar-refractivity contribution in [1.82, 2.24) is 4.72 Å². The molecule has 3 aliphatic carbocycles. The zero-order valence-electron chi connectivity index (χ0n) is 16.1. The fourth-order valence-corrected chi connectivity index (χ4v) is 4.83. The van der Waals surface area contributed by atoms with E-state index in [1.807, 2.05) is 18.6 Å². The van der Waals surface area contributed by atoms with Gasteiger partial charge in [0.05, 0.1) is 12.5 Å². The zero-order chi connectivity index (χ0) is 18.8. The monoisotopic (exact) mass is 375 g/mol. The lowest BCUT2D eigenvalue weighted by molar-refractivity contribution is -0.163. The molecule has 2 bridgehead atoms. The average molecular weight is 376 g/mol. The van der Waals surface area contributed by atoms with E-state index in [0.29, 0.717) is 5.92 Å². The second kappa shape index (κ2) is 7.92. The maximum atomic E-state index is 12.2. The van der Waals surface area contributed by atoms with Crippen molar-refractivity contribution in [2.75, 3.05) is 14.2 Å². The van der Waals surface area contributed by atoms with Crippen LogP contribution in [-0.4, -0.2) is 34.6 Å². The first-order chi connectivity index (χ1) is 11.6. The highest BCUT2D eigenvalue weighted by Crippen LogP contribution is 2.59. The molecular formula is C18H33NO5S. The summed E-state index contributed by atoms with van der Waals surface area (Å²) in [4.78, 5) is 12.2. The van der Waals surface area contributed by atoms with Crippen molar-refractivity contribution < 1.29 is 22.1 Å². The Morgan fingerprint density at radius 3 is 2.32 bits per heavy atom. The molecule has 25 heavy (non-hydrogen) atoms. The molecule has 0 aliphatic heterocycles. The zero-order valence-corrected chi connectivity index (χ0v) is 16.9. The summed E-state index contributed by atoms with van der Waals surface area (Å²) in [6.45, 7) is 6.07. The molecule has 0 aromatic rings. The Hall–Kier alpha value is -0.660. The van der Waals surface area contributed by atoms with E-state index in [2.05, 4.69) is 11.1 Å². The Balaban J connectivity index is 0.000000277. The van der Waals surface area contributed by atoms with E-state index in [9.17, 15) is 13.2 Å².